The monoisotopic (exact) mass is 127 g/mol. The first-order valence-electron chi connectivity index (χ1n) is 3.23. The molecule has 2 aliphatic heterocycles. The molecule has 0 unspecified atom stereocenters. The zero-order valence-corrected chi connectivity index (χ0v) is 5.12. The minimum Gasteiger partial charge on any atom is -0.374 e. The van der Waals surface area contributed by atoms with Crippen molar-refractivity contribution in [1.29, 1.82) is 0 Å². The van der Waals surface area contributed by atoms with Crippen molar-refractivity contribution in [3.05, 3.63) is 0 Å². The lowest BCUT2D eigenvalue weighted by atomic mass is 10.2. The van der Waals surface area contributed by atoms with Gasteiger partial charge in [-0.05, 0) is 6.42 Å². The summed E-state index contributed by atoms with van der Waals surface area (Å²) in [5.74, 6) is 0. The molecular weight excluding hydrogens is 118 g/mol. The fourth-order valence-corrected chi connectivity index (χ4v) is 1.56. The summed E-state index contributed by atoms with van der Waals surface area (Å²) in [4.78, 5) is 12.1. The van der Waals surface area contributed by atoms with Gasteiger partial charge >= 0.3 is 0 Å². The molecule has 2 bridgehead atoms. The van der Waals surface area contributed by atoms with E-state index < -0.39 is 0 Å². The van der Waals surface area contributed by atoms with E-state index in [9.17, 15) is 4.79 Å². The number of carbonyl (C=O) groups is 1. The Labute approximate surface area is 53.6 Å². The van der Waals surface area contributed by atoms with Crippen LogP contribution in [0.4, 0.5) is 0 Å². The molecule has 3 heteroatoms. The highest BCUT2D eigenvalue weighted by Gasteiger charge is 2.37. The molecule has 2 atom stereocenters. The van der Waals surface area contributed by atoms with Gasteiger partial charge in [0.2, 0.25) is 6.41 Å². The Kier molecular flexibility index (Phi) is 0.990. The summed E-state index contributed by atoms with van der Waals surface area (Å²) >= 11 is 0. The van der Waals surface area contributed by atoms with Crippen molar-refractivity contribution in [2.45, 2.75) is 18.6 Å². The molecule has 3 nitrogen and oxygen atoms in total. The zero-order chi connectivity index (χ0) is 6.27. The second-order valence-corrected chi connectivity index (χ2v) is 2.65. The number of likely N-dealkylation sites (tertiary alicyclic amines) is 1. The fraction of sp³-hybridized carbons (Fsp3) is 0.833. The van der Waals surface area contributed by atoms with Crippen molar-refractivity contribution >= 4 is 6.41 Å². The molecule has 0 aromatic rings. The standard InChI is InChI=1S/C6H9NO2/c8-4-7-2-6-1-5(7)3-9-6/h4-6H,1-3H2/t5-,6-/m1/s1. The molecule has 2 saturated heterocycles. The quantitative estimate of drug-likeness (QED) is 0.449. The Morgan fingerprint density at radius 2 is 2.56 bits per heavy atom. The summed E-state index contributed by atoms with van der Waals surface area (Å²) < 4.78 is 5.28. The highest BCUT2D eigenvalue weighted by Crippen LogP contribution is 2.25. The van der Waals surface area contributed by atoms with Crippen LogP contribution in [0.5, 0.6) is 0 Å². The molecule has 9 heavy (non-hydrogen) atoms. The van der Waals surface area contributed by atoms with Gasteiger partial charge in [0.1, 0.15) is 0 Å². The number of hydrogen-bond donors (Lipinski definition) is 0. The SMILES string of the molecule is O=CN1C[C@H]2C[C@@H]1CO2. The lowest BCUT2D eigenvalue weighted by Gasteiger charge is -2.21. The van der Waals surface area contributed by atoms with Gasteiger partial charge < -0.3 is 9.64 Å². The Balaban J connectivity index is 2.09. The van der Waals surface area contributed by atoms with Gasteiger partial charge in [0.05, 0.1) is 18.8 Å². The molecule has 0 N–H and O–H groups in total. The van der Waals surface area contributed by atoms with E-state index in [-0.39, 0.29) is 0 Å². The maximum Gasteiger partial charge on any atom is 0.210 e. The van der Waals surface area contributed by atoms with Gasteiger partial charge in [0.25, 0.3) is 0 Å². The highest BCUT2D eigenvalue weighted by molar-refractivity contribution is 5.49. The molecule has 50 valence electrons. The van der Waals surface area contributed by atoms with Crippen LogP contribution in [0.3, 0.4) is 0 Å². The third-order valence-corrected chi connectivity index (χ3v) is 2.08. The van der Waals surface area contributed by atoms with Crippen LogP contribution < -0.4 is 0 Å². The Hall–Kier alpha value is -0.570. The lowest BCUT2D eigenvalue weighted by molar-refractivity contribution is -0.122. The normalized spacial score (nSPS) is 39.8. The molecule has 2 fully saturated rings. The third kappa shape index (κ3) is 0.645. The smallest absolute Gasteiger partial charge is 0.210 e. The van der Waals surface area contributed by atoms with E-state index in [0.717, 1.165) is 26.0 Å². The Bertz CT molecular complexity index is 137. The van der Waals surface area contributed by atoms with E-state index in [1.54, 1.807) is 0 Å². The first kappa shape index (κ1) is 5.23. The molecule has 0 spiro atoms. The molecule has 2 rings (SSSR count). The van der Waals surface area contributed by atoms with Gasteiger partial charge in [-0.3, -0.25) is 4.79 Å². The first-order chi connectivity index (χ1) is 4.40. The van der Waals surface area contributed by atoms with Crippen molar-refractivity contribution in [2.75, 3.05) is 13.2 Å². The first-order valence-corrected chi connectivity index (χ1v) is 3.23. The molecular formula is C6H9NO2. The average molecular weight is 127 g/mol. The number of fused-ring (bicyclic) bond motifs is 2. The second kappa shape index (κ2) is 1.70. The van der Waals surface area contributed by atoms with Gasteiger partial charge in [0, 0.05) is 6.54 Å². The van der Waals surface area contributed by atoms with Crippen molar-refractivity contribution in [3.63, 3.8) is 0 Å². The fourth-order valence-electron chi connectivity index (χ4n) is 1.56. The van der Waals surface area contributed by atoms with E-state index >= 15 is 0 Å². The largest absolute Gasteiger partial charge is 0.374 e. The summed E-state index contributed by atoms with van der Waals surface area (Å²) in [6.07, 6.45) is 2.33. The summed E-state index contributed by atoms with van der Waals surface area (Å²) in [7, 11) is 0. The summed E-state index contributed by atoms with van der Waals surface area (Å²) in [5, 5.41) is 0. The highest BCUT2D eigenvalue weighted by atomic mass is 16.5. The predicted octanol–water partition coefficient (Wildman–Crippen LogP) is -0.384. The Morgan fingerprint density at radius 1 is 1.67 bits per heavy atom. The molecule has 0 aromatic heterocycles. The van der Waals surface area contributed by atoms with Crippen LogP contribution in [0.15, 0.2) is 0 Å². The number of hydrogen-bond acceptors (Lipinski definition) is 2. The van der Waals surface area contributed by atoms with Gasteiger partial charge in [-0.1, -0.05) is 0 Å². The van der Waals surface area contributed by atoms with E-state index in [1.807, 2.05) is 4.90 Å². The zero-order valence-electron chi connectivity index (χ0n) is 5.12. The van der Waals surface area contributed by atoms with Crippen LogP contribution >= 0.6 is 0 Å². The van der Waals surface area contributed by atoms with Crippen LogP contribution in [0.2, 0.25) is 0 Å². The van der Waals surface area contributed by atoms with Crippen LogP contribution in [-0.4, -0.2) is 36.6 Å². The number of nitrogens with zero attached hydrogens (tertiary/aromatic N) is 1. The number of rotatable bonds is 1. The molecule has 0 aliphatic carbocycles. The van der Waals surface area contributed by atoms with Crippen molar-refractivity contribution in [1.82, 2.24) is 4.90 Å². The molecule has 0 aromatic carbocycles. The van der Waals surface area contributed by atoms with E-state index in [4.69, 9.17) is 4.74 Å². The van der Waals surface area contributed by atoms with Crippen LogP contribution in [0.1, 0.15) is 6.42 Å². The average Bonchev–Trinajstić information content (AvgIpc) is 2.45. The van der Waals surface area contributed by atoms with Crippen LogP contribution in [0.25, 0.3) is 0 Å². The predicted molar refractivity (Wildman–Crippen MR) is 30.9 cm³/mol. The van der Waals surface area contributed by atoms with Gasteiger partial charge in [-0.15, -0.1) is 0 Å². The maximum atomic E-state index is 10.3. The number of ether oxygens (including phenoxy) is 1. The van der Waals surface area contributed by atoms with Crippen LogP contribution in [-0.2, 0) is 9.53 Å². The number of carbonyl (C=O) groups excluding carboxylic acids is 1. The van der Waals surface area contributed by atoms with E-state index in [1.165, 1.54) is 0 Å². The minimum atomic E-state index is 0.347. The summed E-state index contributed by atoms with van der Waals surface area (Å²) in [6.45, 7) is 1.57. The minimum absolute atomic E-state index is 0.347. The van der Waals surface area contributed by atoms with Crippen molar-refractivity contribution in [2.24, 2.45) is 0 Å². The summed E-state index contributed by atoms with van der Waals surface area (Å²) in [6, 6.07) is 0.396. The number of amides is 1. The molecule has 0 saturated carbocycles. The molecule has 0 radical (unpaired) electrons. The summed E-state index contributed by atoms with van der Waals surface area (Å²) in [5.41, 5.74) is 0. The molecule has 2 heterocycles. The van der Waals surface area contributed by atoms with Gasteiger partial charge in [0.15, 0.2) is 0 Å². The lowest BCUT2D eigenvalue weighted by Crippen LogP contribution is -2.35. The third-order valence-electron chi connectivity index (χ3n) is 2.08. The van der Waals surface area contributed by atoms with Gasteiger partial charge in [-0.2, -0.15) is 0 Å². The van der Waals surface area contributed by atoms with Crippen LogP contribution in [0, 0.1) is 0 Å². The van der Waals surface area contributed by atoms with Crippen molar-refractivity contribution < 1.29 is 9.53 Å². The maximum absolute atomic E-state index is 10.3. The van der Waals surface area contributed by atoms with Gasteiger partial charge in [-0.25, -0.2) is 0 Å². The number of morpholine rings is 1. The second-order valence-electron chi connectivity index (χ2n) is 2.65. The molecule has 1 amide bonds. The Morgan fingerprint density at radius 3 is 2.89 bits per heavy atom. The van der Waals surface area contributed by atoms with Crippen molar-refractivity contribution in [3.8, 4) is 0 Å². The molecule has 2 aliphatic rings. The van der Waals surface area contributed by atoms with E-state index in [2.05, 4.69) is 0 Å². The topological polar surface area (TPSA) is 29.5 Å². The van der Waals surface area contributed by atoms with E-state index in [0.29, 0.717) is 12.1 Å².